The van der Waals surface area contributed by atoms with Gasteiger partial charge in [0, 0.05) is 27.2 Å². The SMILES string of the molecule is COC(=O)CCC(=O)c1cc(Cl)ccc1SC(C)C. The van der Waals surface area contributed by atoms with Gasteiger partial charge < -0.3 is 4.74 Å². The van der Waals surface area contributed by atoms with Crippen LogP contribution in [0.3, 0.4) is 0 Å². The minimum Gasteiger partial charge on any atom is -0.469 e. The molecule has 0 heterocycles. The fourth-order valence-corrected chi connectivity index (χ4v) is 2.66. The number of ether oxygens (including phenoxy) is 1. The van der Waals surface area contributed by atoms with E-state index in [1.807, 2.05) is 6.07 Å². The normalized spacial score (nSPS) is 10.6. The van der Waals surface area contributed by atoms with Gasteiger partial charge in [0.1, 0.15) is 0 Å². The first-order chi connectivity index (χ1) is 8.93. The van der Waals surface area contributed by atoms with Crippen LogP contribution in [0.1, 0.15) is 37.0 Å². The molecule has 0 aromatic heterocycles. The molecule has 0 saturated carbocycles. The average Bonchev–Trinajstić information content (AvgIpc) is 2.37. The minimum atomic E-state index is -0.381. The summed E-state index contributed by atoms with van der Waals surface area (Å²) in [5.41, 5.74) is 0.579. The van der Waals surface area contributed by atoms with E-state index in [0.717, 1.165) is 4.90 Å². The van der Waals surface area contributed by atoms with Crippen molar-refractivity contribution in [1.29, 1.82) is 0 Å². The predicted octanol–water partition coefficient (Wildman–Crippen LogP) is 3.98. The summed E-state index contributed by atoms with van der Waals surface area (Å²) in [5.74, 6) is -0.468. The lowest BCUT2D eigenvalue weighted by molar-refractivity contribution is -0.140. The monoisotopic (exact) mass is 300 g/mol. The molecule has 0 amide bonds. The van der Waals surface area contributed by atoms with Crippen LogP contribution in [0.5, 0.6) is 0 Å². The van der Waals surface area contributed by atoms with E-state index in [2.05, 4.69) is 18.6 Å². The Morgan fingerprint density at radius 3 is 2.58 bits per heavy atom. The van der Waals surface area contributed by atoms with Crippen LogP contribution < -0.4 is 0 Å². The number of carbonyl (C=O) groups is 2. The number of benzene rings is 1. The molecule has 0 N–H and O–H groups in total. The Hall–Kier alpha value is -1.000. The maximum absolute atomic E-state index is 12.1. The van der Waals surface area contributed by atoms with Gasteiger partial charge in [0.05, 0.1) is 13.5 Å². The highest BCUT2D eigenvalue weighted by Crippen LogP contribution is 2.29. The molecule has 0 aliphatic carbocycles. The van der Waals surface area contributed by atoms with Crippen molar-refractivity contribution in [2.45, 2.75) is 36.8 Å². The smallest absolute Gasteiger partial charge is 0.305 e. The van der Waals surface area contributed by atoms with Gasteiger partial charge in [0.2, 0.25) is 0 Å². The lowest BCUT2D eigenvalue weighted by Crippen LogP contribution is -2.07. The number of carbonyl (C=O) groups excluding carboxylic acids is 2. The van der Waals surface area contributed by atoms with Crippen molar-refractivity contribution < 1.29 is 14.3 Å². The average molecular weight is 301 g/mol. The summed E-state index contributed by atoms with van der Waals surface area (Å²) >= 11 is 7.54. The number of hydrogen-bond acceptors (Lipinski definition) is 4. The third-order valence-corrected chi connectivity index (χ3v) is 3.70. The molecular weight excluding hydrogens is 284 g/mol. The van der Waals surface area contributed by atoms with Crippen molar-refractivity contribution in [1.82, 2.24) is 0 Å². The summed E-state index contributed by atoms with van der Waals surface area (Å²) in [6.45, 7) is 4.12. The Bertz CT molecular complexity index is 472. The van der Waals surface area contributed by atoms with E-state index < -0.39 is 0 Å². The number of thioether (sulfide) groups is 1. The van der Waals surface area contributed by atoms with Crippen LogP contribution in [0, 0.1) is 0 Å². The van der Waals surface area contributed by atoms with Gasteiger partial charge in [-0.3, -0.25) is 9.59 Å². The van der Waals surface area contributed by atoms with Crippen molar-refractivity contribution in [2.24, 2.45) is 0 Å². The van der Waals surface area contributed by atoms with Gasteiger partial charge in [-0.25, -0.2) is 0 Å². The van der Waals surface area contributed by atoms with Gasteiger partial charge in [0.15, 0.2) is 5.78 Å². The van der Waals surface area contributed by atoms with Crippen molar-refractivity contribution in [2.75, 3.05) is 7.11 Å². The highest BCUT2D eigenvalue weighted by atomic mass is 35.5. The molecule has 0 fully saturated rings. The first-order valence-corrected chi connectivity index (χ1v) is 7.26. The highest BCUT2D eigenvalue weighted by Gasteiger charge is 2.15. The molecule has 0 spiro atoms. The maximum atomic E-state index is 12.1. The van der Waals surface area contributed by atoms with E-state index in [9.17, 15) is 9.59 Å². The van der Waals surface area contributed by atoms with Crippen molar-refractivity contribution in [3.63, 3.8) is 0 Å². The first kappa shape index (κ1) is 16.1. The Kier molecular flexibility index (Phi) is 6.38. The van der Waals surface area contributed by atoms with Gasteiger partial charge in [-0.05, 0) is 18.2 Å². The zero-order valence-corrected chi connectivity index (χ0v) is 12.8. The zero-order valence-electron chi connectivity index (χ0n) is 11.2. The number of ketones is 1. The summed E-state index contributed by atoms with van der Waals surface area (Å²) in [4.78, 5) is 24.1. The van der Waals surface area contributed by atoms with Gasteiger partial charge in [-0.15, -0.1) is 11.8 Å². The first-order valence-electron chi connectivity index (χ1n) is 6.00. The topological polar surface area (TPSA) is 43.4 Å². The Morgan fingerprint density at radius 1 is 1.32 bits per heavy atom. The number of methoxy groups -OCH3 is 1. The fraction of sp³-hybridized carbons (Fsp3) is 0.429. The van der Waals surface area contributed by atoms with Crippen LogP contribution in [-0.2, 0) is 9.53 Å². The van der Waals surface area contributed by atoms with Crippen LogP contribution in [0.2, 0.25) is 5.02 Å². The zero-order chi connectivity index (χ0) is 14.4. The second-order valence-corrected chi connectivity index (χ2v) is 6.36. The van der Waals surface area contributed by atoms with Gasteiger partial charge in [-0.2, -0.15) is 0 Å². The van der Waals surface area contributed by atoms with Gasteiger partial charge >= 0.3 is 5.97 Å². The van der Waals surface area contributed by atoms with Crippen LogP contribution in [0.4, 0.5) is 0 Å². The van der Waals surface area contributed by atoms with Crippen molar-refractivity contribution >= 4 is 35.1 Å². The summed E-state index contributed by atoms with van der Waals surface area (Å²) < 4.78 is 4.53. The summed E-state index contributed by atoms with van der Waals surface area (Å²) in [5, 5.41) is 0.892. The van der Waals surface area contributed by atoms with E-state index in [1.54, 1.807) is 23.9 Å². The summed E-state index contributed by atoms with van der Waals surface area (Å²) in [6.07, 6.45) is 0.228. The molecular formula is C14H17ClO3S. The Morgan fingerprint density at radius 2 is 2.00 bits per heavy atom. The molecule has 5 heteroatoms. The number of Topliss-reactive ketones (excluding diaryl/α,β-unsaturated/α-hetero) is 1. The van der Waals surface area contributed by atoms with Crippen LogP contribution >= 0.6 is 23.4 Å². The minimum absolute atomic E-state index is 0.0870. The molecule has 0 atom stereocenters. The van der Waals surface area contributed by atoms with E-state index in [-0.39, 0.29) is 24.6 Å². The number of rotatable bonds is 6. The Labute approximate surface area is 122 Å². The molecule has 19 heavy (non-hydrogen) atoms. The summed E-state index contributed by atoms with van der Waals surface area (Å²) in [7, 11) is 1.31. The molecule has 0 radical (unpaired) electrons. The third kappa shape index (κ3) is 5.25. The van der Waals surface area contributed by atoms with Crippen LogP contribution in [-0.4, -0.2) is 24.1 Å². The molecule has 1 rings (SSSR count). The second-order valence-electron chi connectivity index (χ2n) is 4.31. The third-order valence-electron chi connectivity index (χ3n) is 2.39. The predicted molar refractivity (Wildman–Crippen MR) is 78.0 cm³/mol. The van der Waals surface area contributed by atoms with Gasteiger partial charge in [-0.1, -0.05) is 25.4 Å². The molecule has 104 valence electrons. The largest absolute Gasteiger partial charge is 0.469 e. The second kappa shape index (κ2) is 7.56. The van der Waals surface area contributed by atoms with Crippen LogP contribution in [0.15, 0.2) is 23.1 Å². The lowest BCUT2D eigenvalue weighted by Gasteiger charge is -2.10. The van der Waals surface area contributed by atoms with Crippen molar-refractivity contribution in [3.05, 3.63) is 28.8 Å². The highest BCUT2D eigenvalue weighted by molar-refractivity contribution is 8.00. The van der Waals surface area contributed by atoms with E-state index in [0.29, 0.717) is 15.8 Å². The van der Waals surface area contributed by atoms with Gasteiger partial charge in [0.25, 0.3) is 0 Å². The molecule has 3 nitrogen and oxygen atoms in total. The fourth-order valence-electron chi connectivity index (χ4n) is 1.53. The number of halogens is 1. The van der Waals surface area contributed by atoms with E-state index >= 15 is 0 Å². The summed E-state index contributed by atoms with van der Waals surface area (Å²) in [6, 6.07) is 5.27. The number of esters is 1. The number of hydrogen-bond donors (Lipinski definition) is 0. The van der Waals surface area contributed by atoms with E-state index in [1.165, 1.54) is 7.11 Å². The molecule has 1 aromatic rings. The molecule has 1 aromatic carbocycles. The molecule has 0 aliphatic heterocycles. The molecule has 0 aliphatic rings. The maximum Gasteiger partial charge on any atom is 0.305 e. The molecule has 0 bridgehead atoms. The lowest BCUT2D eigenvalue weighted by atomic mass is 10.1. The Balaban J connectivity index is 2.87. The van der Waals surface area contributed by atoms with Crippen LogP contribution in [0.25, 0.3) is 0 Å². The quantitative estimate of drug-likeness (QED) is 0.453. The van der Waals surface area contributed by atoms with Crippen molar-refractivity contribution in [3.8, 4) is 0 Å². The molecule has 0 unspecified atom stereocenters. The standard InChI is InChI=1S/C14H17ClO3S/c1-9(2)19-13-6-4-10(15)8-11(13)12(16)5-7-14(17)18-3/h4,6,8-9H,5,7H2,1-3H3. The molecule has 0 saturated heterocycles. The van der Waals surface area contributed by atoms with E-state index in [4.69, 9.17) is 11.6 Å².